The maximum atomic E-state index is 2.36. The lowest BCUT2D eigenvalue weighted by molar-refractivity contribution is 0.331. The highest BCUT2D eigenvalue weighted by Gasteiger charge is 2.21. The Balaban J connectivity index is 2.35. The summed E-state index contributed by atoms with van der Waals surface area (Å²) in [5, 5.41) is 0. The van der Waals surface area contributed by atoms with Crippen LogP contribution in [0.2, 0.25) is 0 Å². The van der Waals surface area contributed by atoms with Gasteiger partial charge < -0.3 is 0 Å². The summed E-state index contributed by atoms with van der Waals surface area (Å²) in [5.41, 5.74) is 0. The van der Waals surface area contributed by atoms with Crippen LogP contribution < -0.4 is 0 Å². The SMILES string of the molecule is C[C]1CCC(C)CC1C. The van der Waals surface area contributed by atoms with Gasteiger partial charge in [0.25, 0.3) is 0 Å². The van der Waals surface area contributed by atoms with Crippen molar-refractivity contribution in [2.45, 2.75) is 40.0 Å². The minimum absolute atomic E-state index is 0.897. The molecular formula is C9H17. The second-order valence-electron chi connectivity index (χ2n) is 3.63. The van der Waals surface area contributed by atoms with E-state index in [9.17, 15) is 0 Å². The van der Waals surface area contributed by atoms with Crippen LogP contribution >= 0.6 is 0 Å². The highest BCUT2D eigenvalue weighted by Crippen LogP contribution is 2.33. The molecule has 1 rings (SSSR count). The van der Waals surface area contributed by atoms with Crippen LogP contribution in [-0.2, 0) is 0 Å². The molecule has 1 radical (unpaired) electrons. The van der Waals surface area contributed by atoms with Crippen LogP contribution in [0.15, 0.2) is 0 Å². The highest BCUT2D eigenvalue weighted by atomic mass is 14.3. The number of hydrogen-bond acceptors (Lipinski definition) is 0. The van der Waals surface area contributed by atoms with Crippen molar-refractivity contribution in [3.63, 3.8) is 0 Å². The third-order valence-corrected chi connectivity index (χ3v) is 2.63. The fourth-order valence-corrected chi connectivity index (χ4v) is 1.64. The molecule has 9 heavy (non-hydrogen) atoms. The molecule has 0 spiro atoms. The van der Waals surface area contributed by atoms with E-state index in [2.05, 4.69) is 20.8 Å². The van der Waals surface area contributed by atoms with Gasteiger partial charge in [-0.25, -0.2) is 0 Å². The molecule has 1 aliphatic rings. The lowest BCUT2D eigenvalue weighted by Crippen LogP contribution is -2.16. The molecule has 53 valence electrons. The lowest BCUT2D eigenvalue weighted by Gasteiger charge is -2.29. The first-order valence-corrected chi connectivity index (χ1v) is 4.02. The van der Waals surface area contributed by atoms with Gasteiger partial charge in [0.05, 0.1) is 0 Å². The van der Waals surface area contributed by atoms with Crippen molar-refractivity contribution >= 4 is 0 Å². The van der Waals surface area contributed by atoms with Crippen LogP contribution in [0.3, 0.4) is 0 Å². The van der Waals surface area contributed by atoms with E-state index in [1.54, 1.807) is 5.92 Å². The van der Waals surface area contributed by atoms with Crippen molar-refractivity contribution < 1.29 is 0 Å². The van der Waals surface area contributed by atoms with Crippen molar-refractivity contribution in [1.82, 2.24) is 0 Å². The van der Waals surface area contributed by atoms with Crippen LogP contribution in [0.1, 0.15) is 40.0 Å². The molecule has 2 atom stereocenters. The van der Waals surface area contributed by atoms with E-state index in [1.807, 2.05) is 0 Å². The fraction of sp³-hybridized carbons (Fsp3) is 0.889. The highest BCUT2D eigenvalue weighted by molar-refractivity contribution is 4.94. The minimum atomic E-state index is 0.897. The molecule has 0 aromatic rings. The summed E-state index contributed by atoms with van der Waals surface area (Å²) in [4.78, 5) is 0. The Morgan fingerprint density at radius 1 is 1.33 bits per heavy atom. The quantitative estimate of drug-likeness (QED) is 0.467. The van der Waals surface area contributed by atoms with Crippen molar-refractivity contribution in [3.05, 3.63) is 5.92 Å². The van der Waals surface area contributed by atoms with E-state index in [-0.39, 0.29) is 0 Å². The molecule has 1 saturated carbocycles. The second kappa shape index (κ2) is 2.72. The van der Waals surface area contributed by atoms with Gasteiger partial charge in [-0.3, -0.25) is 0 Å². The minimum Gasteiger partial charge on any atom is -0.0625 e. The third-order valence-electron chi connectivity index (χ3n) is 2.63. The molecule has 0 nitrogen and oxygen atoms in total. The molecule has 2 unspecified atom stereocenters. The number of rotatable bonds is 0. The zero-order chi connectivity index (χ0) is 6.85. The lowest BCUT2D eigenvalue weighted by atomic mass is 9.77. The van der Waals surface area contributed by atoms with Crippen LogP contribution in [0.25, 0.3) is 0 Å². The average Bonchev–Trinajstić information content (AvgIpc) is 1.80. The standard InChI is InChI=1S/C9H17/c1-7-4-5-8(2)9(3)6-7/h7,9H,4-6H2,1-3H3. The summed E-state index contributed by atoms with van der Waals surface area (Å²) in [5.74, 6) is 3.59. The molecule has 0 N–H and O–H groups in total. The van der Waals surface area contributed by atoms with Gasteiger partial charge >= 0.3 is 0 Å². The van der Waals surface area contributed by atoms with Crippen molar-refractivity contribution in [2.75, 3.05) is 0 Å². The Hall–Kier alpha value is 0. The Labute approximate surface area is 58.7 Å². The predicted octanol–water partition coefficient (Wildman–Crippen LogP) is 3.04. The molecule has 0 saturated heterocycles. The van der Waals surface area contributed by atoms with Crippen LogP contribution in [0, 0.1) is 17.8 Å². The first-order valence-electron chi connectivity index (χ1n) is 4.02. The van der Waals surface area contributed by atoms with Gasteiger partial charge in [0.15, 0.2) is 0 Å². The fourth-order valence-electron chi connectivity index (χ4n) is 1.64. The normalized spacial score (nSPS) is 39.0. The topological polar surface area (TPSA) is 0 Å². The first kappa shape index (κ1) is 7.11. The summed E-state index contributed by atoms with van der Waals surface area (Å²) in [6, 6.07) is 0. The van der Waals surface area contributed by atoms with Gasteiger partial charge in [-0.05, 0) is 30.6 Å². The van der Waals surface area contributed by atoms with Crippen molar-refractivity contribution in [1.29, 1.82) is 0 Å². The van der Waals surface area contributed by atoms with Gasteiger partial charge in [0.2, 0.25) is 0 Å². The van der Waals surface area contributed by atoms with Gasteiger partial charge in [-0.15, -0.1) is 0 Å². The maximum absolute atomic E-state index is 2.36. The van der Waals surface area contributed by atoms with E-state index in [0.29, 0.717) is 0 Å². The summed E-state index contributed by atoms with van der Waals surface area (Å²) >= 11 is 0. The number of hydrogen-bond donors (Lipinski definition) is 0. The Kier molecular flexibility index (Phi) is 2.15. The summed E-state index contributed by atoms with van der Waals surface area (Å²) in [6.45, 7) is 7.02. The Morgan fingerprint density at radius 2 is 2.00 bits per heavy atom. The smallest absolute Gasteiger partial charge is 0.0244 e. The molecular weight excluding hydrogens is 108 g/mol. The third kappa shape index (κ3) is 1.70. The van der Waals surface area contributed by atoms with E-state index < -0.39 is 0 Å². The van der Waals surface area contributed by atoms with Crippen LogP contribution in [-0.4, -0.2) is 0 Å². The van der Waals surface area contributed by atoms with Gasteiger partial charge in [-0.1, -0.05) is 27.2 Å². The Morgan fingerprint density at radius 3 is 2.44 bits per heavy atom. The summed E-state index contributed by atoms with van der Waals surface area (Å²) in [7, 11) is 0. The van der Waals surface area contributed by atoms with Gasteiger partial charge in [-0.2, -0.15) is 0 Å². The molecule has 0 bridgehead atoms. The van der Waals surface area contributed by atoms with E-state index in [4.69, 9.17) is 0 Å². The van der Waals surface area contributed by atoms with Gasteiger partial charge in [0.1, 0.15) is 0 Å². The zero-order valence-electron chi connectivity index (χ0n) is 6.78. The molecule has 0 aromatic heterocycles. The van der Waals surface area contributed by atoms with Gasteiger partial charge in [0, 0.05) is 0 Å². The Bertz CT molecular complexity index is 86.0. The first-order chi connectivity index (χ1) is 4.20. The second-order valence-corrected chi connectivity index (χ2v) is 3.63. The maximum Gasteiger partial charge on any atom is -0.0244 e. The van der Waals surface area contributed by atoms with Crippen LogP contribution in [0.4, 0.5) is 0 Å². The van der Waals surface area contributed by atoms with Crippen molar-refractivity contribution in [2.24, 2.45) is 11.8 Å². The van der Waals surface area contributed by atoms with E-state index in [0.717, 1.165) is 11.8 Å². The molecule has 0 amide bonds. The summed E-state index contributed by atoms with van der Waals surface area (Å²) < 4.78 is 0. The molecule has 0 heteroatoms. The average molecular weight is 125 g/mol. The molecule has 1 aliphatic carbocycles. The molecule has 0 heterocycles. The largest absolute Gasteiger partial charge is 0.0625 e. The van der Waals surface area contributed by atoms with Crippen molar-refractivity contribution in [3.8, 4) is 0 Å². The molecule has 1 fully saturated rings. The monoisotopic (exact) mass is 125 g/mol. The molecule has 0 aromatic carbocycles. The summed E-state index contributed by atoms with van der Waals surface area (Å²) in [6.07, 6.45) is 4.23. The molecule has 0 aliphatic heterocycles. The van der Waals surface area contributed by atoms with E-state index >= 15 is 0 Å². The van der Waals surface area contributed by atoms with Crippen LogP contribution in [0.5, 0.6) is 0 Å². The zero-order valence-corrected chi connectivity index (χ0v) is 6.78. The van der Waals surface area contributed by atoms with E-state index in [1.165, 1.54) is 19.3 Å². The predicted molar refractivity (Wildman–Crippen MR) is 41.1 cm³/mol.